The molecule has 2 N–H and O–H groups in total. The lowest BCUT2D eigenvalue weighted by Gasteiger charge is -2.39. The minimum Gasteiger partial charge on any atom is -0.466 e. The van der Waals surface area contributed by atoms with Crippen LogP contribution in [0, 0.1) is 0 Å². The number of hydrogen-bond donors (Lipinski definition) is 2. The molecule has 8 heteroatoms. The Balaban J connectivity index is 1.34. The predicted molar refractivity (Wildman–Crippen MR) is 142 cm³/mol. The van der Waals surface area contributed by atoms with Gasteiger partial charge in [-0.25, -0.2) is 0 Å². The van der Waals surface area contributed by atoms with E-state index in [2.05, 4.69) is 33.8 Å². The van der Waals surface area contributed by atoms with Gasteiger partial charge in [0.2, 0.25) is 11.8 Å². The summed E-state index contributed by atoms with van der Waals surface area (Å²) in [5.41, 5.74) is 4.60. The lowest BCUT2D eigenvalue weighted by molar-refractivity contribution is -0.144. The number of aromatic nitrogens is 1. The summed E-state index contributed by atoms with van der Waals surface area (Å²) < 4.78 is 5.08. The normalized spacial score (nSPS) is 19.9. The molecule has 1 aromatic carbocycles. The third-order valence-corrected chi connectivity index (χ3v) is 7.16. The number of benzene rings is 1. The first-order valence-electron chi connectivity index (χ1n) is 13.1. The zero-order valence-corrected chi connectivity index (χ0v) is 21.6. The van der Waals surface area contributed by atoms with E-state index in [1.165, 1.54) is 11.1 Å². The van der Waals surface area contributed by atoms with Crippen molar-refractivity contribution in [3.63, 3.8) is 0 Å². The van der Waals surface area contributed by atoms with Crippen molar-refractivity contribution in [2.24, 2.45) is 0 Å². The fraction of sp³-hybridized carbons (Fsp3) is 0.448. The van der Waals surface area contributed by atoms with E-state index in [4.69, 9.17) is 4.74 Å². The number of carbonyl (C=O) groups is 3. The summed E-state index contributed by atoms with van der Waals surface area (Å²) in [4.78, 5) is 44.4. The maximum atomic E-state index is 13.4. The number of ether oxygens (including phenoxy) is 1. The molecule has 3 atom stereocenters. The number of amides is 2. The second kappa shape index (κ2) is 12.6. The first-order chi connectivity index (χ1) is 17.9. The van der Waals surface area contributed by atoms with Crippen LogP contribution in [0.4, 0.5) is 0 Å². The summed E-state index contributed by atoms with van der Waals surface area (Å²) in [5.74, 6) is -0.438. The zero-order valence-electron chi connectivity index (χ0n) is 21.6. The molecule has 8 nitrogen and oxygen atoms in total. The second-order valence-corrected chi connectivity index (χ2v) is 9.74. The highest BCUT2D eigenvalue weighted by Crippen LogP contribution is 2.32. The molecule has 2 amide bonds. The van der Waals surface area contributed by atoms with E-state index in [1.807, 2.05) is 35.4 Å². The molecule has 0 saturated carbocycles. The Labute approximate surface area is 218 Å². The smallest absolute Gasteiger partial charge is 0.307 e. The molecule has 0 unspecified atom stereocenters. The van der Waals surface area contributed by atoms with E-state index in [0.717, 1.165) is 24.0 Å². The molecule has 0 bridgehead atoms. The number of fused-ring (bicyclic) bond motifs is 1. The fourth-order valence-electron chi connectivity index (χ4n) is 5.13. The highest BCUT2D eigenvalue weighted by Gasteiger charge is 2.35. The van der Waals surface area contributed by atoms with Crippen LogP contribution in [-0.4, -0.2) is 66.0 Å². The van der Waals surface area contributed by atoms with Crippen molar-refractivity contribution in [2.75, 3.05) is 26.2 Å². The van der Waals surface area contributed by atoms with Gasteiger partial charge in [-0.1, -0.05) is 36.4 Å². The largest absolute Gasteiger partial charge is 0.466 e. The summed E-state index contributed by atoms with van der Waals surface area (Å²) >= 11 is 0. The molecule has 2 heterocycles. The van der Waals surface area contributed by atoms with Crippen LogP contribution in [0.5, 0.6) is 0 Å². The molecule has 1 fully saturated rings. The van der Waals surface area contributed by atoms with Gasteiger partial charge in [-0.2, -0.15) is 0 Å². The summed E-state index contributed by atoms with van der Waals surface area (Å²) in [6, 6.07) is 11.1. The molecule has 2 aliphatic rings. The van der Waals surface area contributed by atoms with Gasteiger partial charge in [-0.3, -0.25) is 24.3 Å². The van der Waals surface area contributed by atoms with Gasteiger partial charge in [0.25, 0.3) is 0 Å². The number of carbonyl (C=O) groups excluding carboxylic acids is 3. The summed E-state index contributed by atoms with van der Waals surface area (Å²) in [6.07, 6.45) is 8.21. The average Bonchev–Trinajstić information content (AvgIpc) is 3.34. The lowest BCUT2D eigenvalue weighted by atomic mass is 9.84. The van der Waals surface area contributed by atoms with Gasteiger partial charge in [-0.15, -0.1) is 0 Å². The summed E-state index contributed by atoms with van der Waals surface area (Å²) in [5, 5.41) is 5.87. The van der Waals surface area contributed by atoms with Gasteiger partial charge in [0.15, 0.2) is 0 Å². The number of rotatable bonds is 10. The maximum absolute atomic E-state index is 13.4. The van der Waals surface area contributed by atoms with Crippen molar-refractivity contribution >= 4 is 23.9 Å². The standard InChI is InChI=1S/C29H36N4O4/c1-3-37-27(34)11-14-33-13-10-24(22-7-5-4-6-8-22)17-26(33)29(36)32-20(2)28(35)31-18-21-15-23-9-12-30-19-25(23)16-21/h4-9,12,16,19-20,24,26H,3,10-11,13-15,17-18H2,1-2H3,(H,31,35)(H,32,36)/t20-,24-,26+/m0/s1. The molecule has 1 saturated heterocycles. The third kappa shape index (κ3) is 7.04. The van der Waals surface area contributed by atoms with E-state index in [9.17, 15) is 14.4 Å². The summed E-state index contributed by atoms with van der Waals surface area (Å²) in [7, 11) is 0. The monoisotopic (exact) mass is 504 g/mol. The Hall–Kier alpha value is -3.52. The van der Waals surface area contributed by atoms with Crippen LogP contribution in [-0.2, 0) is 25.5 Å². The molecule has 0 radical (unpaired) electrons. The molecule has 4 rings (SSSR count). The van der Waals surface area contributed by atoms with E-state index < -0.39 is 12.1 Å². The number of esters is 1. The number of nitrogens with zero attached hydrogens (tertiary/aromatic N) is 2. The highest BCUT2D eigenvalue weighted by atomic mass is 16.5. The minimum atomic E-state index is -0.678. The quantitative estimate of drug-likeness (QED) is 0.483. The second-order valence-electron chi connectivity index (χ2n) is 9.74. The van der Waals surface area contributed by atoms with E-state index in [1.54, 1.807) is 20.0 Å². The first-order valence-corrected chi connectivity index (χ1v) is 13.1. The topological polar surface area (TPSA) is 101 Å². The number of piperidine rings is 1. The molecule has 1 aliphatic heterocycles. The van der Waals surface area contributed by atoms with Crippen LogP contribution in [0.2, 0.25) is 0 Å². The highest BCUT2D eigenvalue weighted by molar-refractivity contribution is 5.90. The molecule has 1 aliphatic carbocycles. The van der Waals surface area contributed by atoms with Gasteiger partial charge in [0.1, 0.15) is 6.04 Å². The molecule has 196 valence electrons. The minimum absolute atomic E-state index is 0.189. The maximum Gasteiger partial charge on any atom is 0.307 e. The Bertz CT molecular complexity index is 1130. The van der Waals surface area contributed by atoms with Crippen molar-refractivity contribution in [3.8, 4) is 0 Å². The Morgan fingerprint density at radius 2 is 2.00 bits per heavy atom. The van der Waals surface area contributed by atoms with Crippen LogP contribution in [0.3, 0.4) is 0 Å². The fourth-order valence-corrected chi connectivity index (χ4v) is 5.13. The zero-order chi connectivity index (χ0) is 26.2. The van der Waals surface area contributed by atoms with Crippen molar-refractivity contribution in [3.05, 3.63) is 71.1 Å². The molecule has 2 aromatic rings. The average molecular weight is 505 g/mol. The van der Waals surface area contributed by atoms with Crippen molar-refractivity contribution in [1.82, 2.24) is 20.5 Å². The Morgan fingerprint density at radius 3 is 2.76 bits per heavy atom. The van der Waals surface area contributed by atoms with Crippen LogP contribution in [0.15, 0.2) is 54.4 Å². The van der Waals surface area contributed by atoms with E-state index in [-0.39, 0.29) is 30.1 Å². The van der Waals surface area contributed by atoms with Gasteiger partial charge in [0, 0.05) is 25.5 Å². The van der Waals surface area contributed by atoms with Crippen LogP contribution in [0.1, 0.15) is 55.7 Å². The van der Waals surface area contributed by atoms with Gasteiger partial charge < -0.3 is 15.4 Å². The Morgan fingerprint density at radius 1 is 1.19 bits per heavy atom. The van der Waals surface area contributed by atoms with Crippen molar-refractivity contribution in [2.45, 2.75) is 57.5 Å². The van der Waals surface area contributed by atoms with Gasteiger partial charge in [-0.05, 0) is 73.9 Å². The molecular formula is C29H36N4O4. The van der Waals surface area contributed by atoms with E-state index >= 15 is 0 Å². The number of pyridine rings is 1. The number of nitrogens with one attached hydrogen (secondary N) is 2. The van der Waals surface area contributed by atoms with Crippen LogP contribution < -0.4 is 10.6 Å². The van der Waals surface area contributed by atoms with Crippen molar-refractivity contribution in [1.29, 1.82) is 0 Å². The Kier molecular flexibility index (Phi) is 9.06. The van der Waals surface area contributed by atoms with E-state index in [0.29, 0.717) is 32.7 Å². The summed E-state index contributed by atoms with van der Waals surface area (Å²) in [6.45, 7) is 5.40. The SMILES string of the molecule is CCOC(=O)CCN1CC[C@H](c2ccccc2)C[C@@H]1C(=O)N[C@@H](C)C(=O)NCC1=Cc2cnccc2C1. The third-order valence-electron chi connectivity index (χ3n) is 7.16. The van der Waals surface area contributed by atoms with Crippen LogP contribution >= 0.6 is 0 Å². The molecule has 1 aromatic heterocycles. The predicted octanol–water partition coefficient (Wildman–Crippen LogP) is 2.84. The number of hydrogen-bond acceptors (Lipinski definition) is 6. The van der Waals surface area contributed by atoms with Gasteiger partial charge >= 0.3 is 5.97 Å². The molecular weight excluding hydrogens is 468 g/mol. The van der Waals surface area contributed by atoms with Crippen LogP contribution in [0.25, 0.3) is 6.08 Å². The first kappa shape index (κ1) is 26.5. The molecule has 0 spiro atoms. The van der Waals surface area contributed by atoms with Crippen molar-refractivity contribution < 1.29 is 19.1 Å². The molecule has 37 heavy (non-hydrogen) atoms. The lowest BCUT2D eigenvalue weighted by Crippen LogP contribution is -2.55. The number of likely N-dealkylation sites (tertiary alicyclic amines) is 1. The van der Waals surface area contributed by atoms with Gasteiger partial charge in [0.05, 0.1) is 19.1 Å².